The molecule has 0 bridgehead atoms. The number of hydrogen-bond donors (Lipinski definition) is 6. The Kier molecular flexibility index (Phi) is 8.36. The number of aliphatic hydroxyl groups excluding tert-OH is 5. The molecule has 5 fully saturated rings. The van der Waals surface area contributed by atoms with Crippen LogP contribution in [0.4, 0.5) is 0 Å². The average Bonchev–Trinajstić information content (AvgIpc) is 3.25. The van der Waals surface area contributed by atoms with E-state index >= 15 is 0 Å². The molecule has 15 unspecified atom stereocenters. The second-order valence-corrected chi connectivity index (χ2v) is 14.2. The van der Waals surface area contributed by atoms with Crippen molar-refractivity contribution in [3.05, 3.63) is 0 Å². The van der Waals surface area contributed by atoms with Crippen LogP contribution in [0.3, 0.4) is 0 Å². The van der Waals surface area contributed by atoms with E-state index in [4.69, 9.17) is 9.47 Å². The van der Waals surface area contributed by atoms with Crippen LogP contribution in [0.1, 0.15) is 85.0 Å². The summed E-state index contributed by atoms with van der Waals surface area (Å²) in [5.41, 5.74) is 0.243. The van der Waals surface area contributed by atoms with Crippen LogP contribution in [-0.2, 0) is 19.1 Å². The standard InChI is InChI=1S/C30H48O10/c1-14(4-7-21(33)39-28-25(36)23(34)24(35)26(40-28)27(37)38)17-5-6-18-22-19(9-11-30(17,18)3)29(2)10-8-16(31)12-15(29)13-20(22)32/h14-20,22-26,28,31-32,34-36H,4-13H2,1-3H3,(H,37,38). The SMILES string of the molecule is CC(CCC(=O)OC1OC(C(=O)O)C(O)C(O)C1O)C1CCC2C3C(O)CC4CC(O)CCC4(C)C3CCC12C. The van der Waals surface area contributed by atoms with Crippen LogP contribution >= 0.6 is 0 Å². The molecule has 6 N–H and O–H groups in total. The van der Waals surface area contributed by atoms with Crippen molar-refractivity contribution in [3.63, 3.8) is 0 Å². The summed E-state index contributed by atoms with van der Waals surface area (Å²) in [6.07, 6.45) is -1.15. The van der Waals surface area contributed by atoms with Crippen molar-refractivity contribution in [2.24, 2.45) is 46.3 Å². The molecule has 1 saturated heterocycles. The van der Waals surface area contributed by atoms with Crippen LogP contribution in [0.15, 0.2) is 0 Å². The van der Waals surface area contributed by atoms with Gasteiger partial charge >= 0.3 is 11.9 Å². The van der Waals surface area contributed by atoms with Crippen molar-refractivity contribution < 1.29 is 49.7 Å². The number of carbonyl (C=O) groups is 2. The number of fused-ring (bicyclic) bond motifs is 5. The molecular weight excluding hydrogens is 520 g/mol. The first-order chi connectivity index (χ1) is 18.8. The molecule has 0 radical (unpaired) electrons. The van der Waals surface area contributed by atoms with E-state index in [0.29, 0.717) is 30.1 Å². The number of rotatable bonds is 6. The Morgan fingerprint density at radius 3 is 2.27 bits per heavy atom. The van der Waals surface area contributed by atoms with Gasteiger partial charge in [-0.3, -0.25) is 4.79 Å². The number of carboxylic acid groups (broad SMARTS) is 1. The van der Waals surface area contributed by atoms with E-state index in [1.165, 1.54) is 0 Å². The molecule has 1 heterocycles. The van der Waals surface area contributed by atoms with Gasteiger partial charge in [0.15, 0.2) is 6.10 Å². The fourth-order valence-electron chi connectivity index (χ4n) is 10.1. The summed E-state index contributed by atoms with van der Waals surface area (Å²) >= 11 is 0. The van der Waals surface area contributed by atoms with E-state index < -0.39 is 42.6 Å². The van der Waals surface area contributed by atoms with Gasteiger partial charge in [0.05, 0.1) is 12.2 Å². The van der Waals surface area contributed by atoms with Gasteiger partial charge in [0.25, 0.3) is 0 Å². The predicted molar refractivity (Wildman–Crippen MR) is 141 cm³/mol. The van der Waals surface area contributed by atoms with Gasteiger partial charge in [-0.2, -0.15) is 0 Å². The molecule has 5 aliphatic rings. The molecule has 15 atom stereocenters. The van der Waals surface area contributed by atoms with E-state index in [1.807, 2.05) is 0 Å². The normalized spacial score (nSPS) is 51.2. The van der Waals surface area contributed by atoms with Crippen LogP contribution in [0.2, 0.25) is 0 Å². The first-order valence-corrected chi connectivity index (χ1v) is 15.3. The highest BCUT2D eigenvalue weighted by atomic mass is 16.7. The number of aliphatic hydroxyl groups is 5. The first-order valence-electron chi connectivity index (χ1n) is 15.3. The monoisotopic (exact) mass is 568 g/mol. The minimum Gasteiger partial charge on any atom is -0.479 e. The molecule has 228 valence electrons. The maximum atomic E-state index is 12.7. The van der Waals surface area contributed by atoms with Crippen molar-refractivity contribution >= 4 is 11.9 Å². The Morgan fingerprint density at radius 2 is 1.57 bits per heavy atom. The van der Waals surface area contributed by atoms with Crippen LogP contribution in [-0.4, -0.2) is 85.5 Å². The Labute approximate surface area is 236 Å². The highest BCUT2D eigenvalue weighted by Crippen LogP contribution is 2.68. The van der Waals surface area contributed by atoms with Crippen molar-refractivity contribution in [2.45, 2.75) is 128 Å². The van der Waals surface area contributed by atoms with Crippen LogP contribution in [0, 0.1) is 46.3 Å². The van der Waals surface area contributed by atoms with Crippen LogP contribution < -0.4 is 0 Å². The van der Waals surface area contributed by atoms with Crippen molar-refractivity contribution in [1.29, 1.82) is 0 Å². The minimum absolute atomic E-state index is 0.0537. The van der Waals surface area contributed by atoms with Gasteiger partial charge in [0.1, 0.15) is 18.3 Å². The number of aliphatic carboxylic acids is 1. The maximum Gasteiger partial charge on any atom is 0.335 e. The smallest absolute Gasteiger partial charge is 0.335 e. The highest BCUT2D eigenvalue weighted by Gasteiger charge is 2.63. The van der Waals surface area contributed by atoms with Gasteiger partial charge in [-0.25, -0.2) is 4.79 Å². The summed E-state index contributed by atoms with van der Waals surface area (Å²) in [6, 6.07) is 0. The molecule has 0 aromatic heterocycles. The molecule has 5 rings (SSSR count). The second-order valence-electron chi connectivity index (χ2n) is 14.2. The maximum absolute atomic E-state index is 12.7. The van der Waals surface area contributed by atoms with Gasteiger partial charge in [0, 0.05) is 6.42 Å². The molecule has 40 heavy (non-hydrogen) atoms. The molecule has 10 nitrogen and oxygen atoms in total. The zero-order valence-electron chi connectivity index (χ0n) is 23.9. The summed E-state index contributed by atoms with van der Waals surface area (Å²) in [6.45, 7) is 6.93. The quantitative estimate of drug-likeness (QED) is 0.259. The molecule has 4 aliphatic carbocycles. The van der Waals surface area contributed by atoms with E-state index in [0.717, 1.165) is 51.4 Å². The summed E-state index contributed by atoms with van der Waals surface area (Å²) < 4.78 is 10.3. The largest absolute Gasteiger partial charge is 0.479 e. The summed E-state index contributed by atoms with van der Waals surface area (Å²) in [5.74, 6) is -0.0366. The molecule has 0 amide bonds. The molecule has 1 aliphatic heterocycles. The molecule has 0 aromatic rings. The van der Waals surface area contributed by atoms with E-state index in [2.05, 4.69) is 20.8 Å². The Balaban J connectivity index is 1.20. The molecule has 0 spiro atoms. The topological polar surface area (TPSA) is 174 Å². The van der Waals surface area contributed by atoms with Crippen molar-refractivity contribution in [1.82, 2.24) is 0 Å². The Morgan fingerprint density at radius 1 is 0.900 bits per heavy atom. The number of carbonyl (C=O) groups excluding carboxylic acids is 1. The summed E-state index contributed by atoms with van der Waals surface area (Å²) in [4.78, 5) is 24.0. The van der Waals surface area contributed by atoms with Gasteiger partial charge in [-0.1, -0.05) is 20.8 Å². The van der Waals surface area contributed by atoms with Crippen LogP contribution in [0.5, 0.6) is 0 Å². The lowest BCUT2D eigenvalue weighted by molar-refractivity contribution is -0.286. The third-order valence-corrected chi connectivity index (χ3v) is 12.3. The van der Waals surface area contributed by atoms with Gasteiger partial charge < -0.3 is 40.1 Å². The molecule has 0 aromatic carbocycles. The van der Waals surface area contributed by atoms with E-state index in [9.17, 15) is 40.2 Å². The second kappa shape index (κ2) is 11.1. The summed E-state index contributed by atoms with van der Waals surface area (Å²) in [7, 11) is 0. The first kappa shape index (κ1) is 30.2. The van der Waals surface area contributed by atoms with Crippen molar-refractivity contribution in [2.75, 3.05) is 0 Å². The predicted octanol–water partition coefficient (Wildman–Crippen LogP) is 1.83. The Bertz CT molecular complexity index is 959. The van der Waals surface area contributed by atoms with E-state index in [1.54, 1.807) is 0 Å². The lowest BCUT2D eigenvalue weighted by atomic mass is 9.43. The summed E-state index contributed by atoms with van der Waals surface area (Å²) in [5, 5.41) is 60.9. The Hall–Kier alpha value is -1.30. The fourth-order valence-corrected chi connectivity index (χ4v) is 10.1. The average molecular weight is 569 g/mol. The van der Waals surface area contributed by atoms with Gasteiger partial charge in [0.2, 0.25) is 6.29 Å². The molecule has 4 saturated carbocycles. The number of esters is 1. The number of hydrogen-bond acceptors (Lipinski definition) is 9. The fraction of sp³-hybridized carbons (Fsp3) is 0.933. The zero-order chi connectivity index (χ0) is 29.1. The zero-order valence-corrected chi connectivity index (χ0v) is 23.9. The minimum atomic E-state index is -1.84. The van der Waals surface area contributed by atoms with Crippen LogP contribution in [0.25, 0.3) is 0 Å². The third-order valence-electron chi connectivity index (χ3n) is 12.3. The molecule has 10 heteroatoms. The molecular formula is C30H48O10. The third kappa shape index (κ3) is 5.00. The van der Waals surface area contributed by atoms with E-state index in [-0.39, 0.29) is 41.3 Å². The number of ether oxygens (including phenoxy) is 2. The van der Waals surface area contributed by atoms with Crippen molar-refractivity contribution in [3.8, 4) is 0 Å². The van der Waals surface area contributed by atoms with Gasteiger partial charge in [-0.05, 0) is 104 Å². The lowest BCUT2D eigenvalue weighted by Gasteiger charge is -2.62. The highest BCUT2D eigenvalue weighted by molar-refractivity contribution is 5.73. The number of carboxylic acids is 1. The van der Waals surface area contributed by atoms with Gasteiger partial charge in [-0.15, -0.1) is 0 Å². The lowest BCUT2D eigenvalue weighted by Crippen LogP contribution is -2.60.